The van der Waals surface area contributed by atoms with Gasteiger partial charge in [0.15, 0.2) is 0 Å². The summed E-state index contributed by atoms with van der Waals surface area (Å²) in [6, 6.07) is 11.8. The van der Waals surface area contributed by atoms with Gasteiger partial charge in [-0.2, -0.15) is 0 Å². The molecule has 0 atom stereocenters. The topological polar surface area (TPSA) is 86.6 Å². The number of hydrogen-bond acceptors (Lipinski definition) is 5. The van der Waals surface area contributed by atoms with Crippen molar-refractivity contribution in [2.45, 2.75) is 0 Å². The molecule has 3 rings (SSSR count). The maximum Gasteiger partial charge on any atom is 0.337 e. The smallest absolute Gasteiger partial charge is 0.337 e. The van der Waals surface area contributed by atoms with Gasteiger partial charge in [0.2, 0.25) is 0 Å². The van der Waals surface area contributed by atoms with Crippen molar-refractivity contribution in [3.63, 3.8) is 0 Å². The first kappa shape index (κ1) is 18.2. The van der Waals surface area contributed by atoms with Crippen molar-refractivity contribution in [2.24, 2.45) is 7.05 Å². The first-order valence-corrected chi connectivity index (χ1v) is 8.11. The number of carbonyl (C=O) groups is 3. The van der Waals surface area contributed by atoms with E-state index in [-0.39, 0.29) is 22.7 Å². The maximum absolute atomic E-state index is 12.8. The summed E-state index contributed by atoms with van der Waals surface area (Å²) in [6.07, 6.45) is 1.73. The number of hydrogen-bond donors (Lipinski definition) is 1. The number of anilines is 1. The van der Waals surface area contributed by atoms with Crippen molar-refractivity contribution in [2.75, 3.05) is 19.5 Å². The highest BCUT2D eigenvalue weighted by atomic mass is 16.5. The number of methoxy groups -OCH3 is 2. The Kier molecular flexibility index (Phi) is 4.94. The van der Waals surface area contributed by atoms with E-state index in [1.807, 2.05) is 35.9 Å². The number of nitrogens with zero attached hydrogens (tertiary/aromatic N) is 1. The van der Waals surface area contributed by atoms with Crippen molar-refractivity contribution in [1.29, 1.82) is 0 Å². The van der Waals surface area contributed by atoms with E-state index < -0.39 is 11.9 Å². The second-order valence-electron chi connectivity index (χ2n) is 5.91. The summed E-state index contributed by atoms with van der Waals surface area (Å²) in [4.78, 5) is 36.5. The number of benzene rings is 2. The first-order chi connectivity index (χ1) is 12.9. The summed E-state index contributed by atoms with van der Waals surface area (Å²) in [5.41, 5.74) is 1.95. The lowest BCUT2D eigenvalue weighted by Crippen LogP contribution is -2.14. The highest BCUT2D eigenvalue weighted by Gasteiger charge is 2.17. The number of aromatic nitrogens is 1. The van der Waals surface area contributed by atoms with E-state index in [0.717, 1.165) is 10.9 Å². The summed E-state index contributed by atoms with van der Waals surface area (Å²) in [5.74, 6) is -1.60. The molecule has 1 aromatic heterocycles. The Bertz CT molecular complexity index is 1020. The third kappa shape index (κ3) is 3.52. The lowest BCUT2D eigenvalue weighted by Gasteiger charge is -2.09. The molecule has 1 N–H and O–H groups in total. The molecule has 138 valence electrons. The average molecular weight is 366 g/mol. The number of rotatable bonds is 4. The Labute approximate surface area is 155 Å². The van der Waals surface area contributed by atoms with Crippen LogP contribution in [0.2, 0.25) is 0 Å². The van der Waals surface area contributed by atoms with E-state index in [1.54, 1.807) is 6.20 Å². The van der Waals surface area contributed by atoms with Crippen molar-refractivity contribution < 1.29 is 23.9 Å². The maximum atomic E-state index is 12.8. The fourth-order valence-electron chi connectivity index (χ4n) is 2.89. The Morgan fingerprint density at radius 3 is 2.11 bits per heavy atom. The Hall–Kier alpha value is -3.61. The molecule has 7 nitrogen and oxygen atoms in total. The fourth-order valence-corrected chi connectivity index (χ4v) is 2.89. The van der Waals surface area contributed by atoms with E-state index in [9.17, 15) is 14.4 Å². The minimum Gasteiger partial charge on any atom is -0.465 e. The number of esters is 2. The van der Waals surface area contributed by atoms with Gasteiger partial charge in [-0.3, -0.25) is 4.79 Å². The van der Waals surface area contributed by atoms with Gasteiger partial charge in [0.1, 0.15) is 0 Å². The van der Waals surface area contributed by atoms with Crippen LogP contribution in [0.15, 0.2) is 48.7 Å². The number of nitrogens with one attached hydrogen (secondary N) is 1. The molecular formula is C20H18N2O5. The van der Waals surface area contributed by atoms with Crippen molar-refractivity contribution in [3.05, 3.63) is 65.4 Å². The standard InChI is InChI=1S/C20H18N2O5/c1-22-11-16(15-6-4-5-7-17(15)22)18(23)21-14-9-12(19(24)26-2)8-13(10-14)20(25)27-3/h4-11H,1-3H3,(H,21,23). The monoisotopic (exact) mass is 366 g/mol. The zero-order valence-corrected chi connectivity index (χ0v) is 15.1. The van der Waals surface area contributed by atoms with E-state index >= 15 is 0 Å². The van der Waals surface area contributed by atoms with Crippen LogP contribution < -0.4 is 5.32 Å². The van der Waals surface area contributed by atoms with Crippen LogP contribution in [0.3, 0.4) is 0 Å². The second kappa shape index (κ2) is 7.33. The molecular weight excluding hydrogens is 348 g/mol. The predicted octanol–water partition coefficient (Wildman–Crippen LogP) is 3.00. The molecule has 3 aromatic rings. The summed E-state index contributed by atoms with van der Waals surface area (Å²) >= 11 is 0. The fraction of sp³-hybridized carbons (Fsp3) is 0.150. The normalized spacial score (nSPS) is 10.5. The van der Waals surface area contributed by atoms with E-state index in [2.05, 4.69) is 5.32 Å². The molecule has 27 heavy (non-hydrogen) atoms. The Morgan fingerprint density at radius 2 is 1.52 bits per heavy atom. The van der Waals surface area contributed by atoms with Gasteiger partial charge >= 0.3 is 11.9 Å². The molecule has 0 spiro atoms. The first-order valence-electron chi connectivity index (χ1n) is 8.11. The molecule has 0 aliphatic carbocycles. The molecule has 1 amide bonds. The molecule has 0 radical (unpaired) electrons. The molecule has 0 aliphatic rings. The average Bonchev–Trinajstić information content (AvgIpc) is 3.03. The second-order valence-corrected chi connectivity index (χ2v) is 5.91. The SMILES string of the molecule is COC(=O)c1cc(NC(=O)c2cn(C)c3ccccc23)cc(C(=O)OC)c1. The van der Waals surface area contributed by atoms with Gasteiger partial charge in [-0.1, -0.05) is 18.2 Å². The molecule has 0 fully saturated rings. The van der Waals surface area contributed by atoms with Crippen LogP contribution in [-0.2, 0) is 16.5 Å². The largest absolute Gasteiger partial charge is 0.465 e. The van der Waals surface area contributed by atoms with Crippen LogP contribution >= 0.6 is 0 Å². The van der Waals surface area contributed by atoms with Crippen LogP contribution in [0.4, 0.5) is 5.69 Å². The van der Waals surface area contributed by atoms with Crippen LogP contribution in [-0.4, -0.2) is 36.6 Å². The number of carbonyl (C=O) groups excluding carboxylic acids is 3. The Balaban J connectivity index is 1.99. The van der Waals surface area contributed by atoms with Crippen molar-refractivity contribution >= 4 is 34.4 Å². The number of ether oxygens (including phenoxy) is 2. The molecule has 0 bridgehead atoms. The van der Waals surface area contributed by atoms with Gasteiger partial charge in [-0.05, 0) is 24.3 Å². The van der Waals surface area contributed by atoms with Gasteiger partial charge in [0, 0.05) is 29.8 Å². The van der Waals surface area contributed by atoms with Gasteiger partial charge in [0.05, 0.1) is 30.9 Å². The number of para-hydroxylation sites is 1. The molecule has 7 heteroatoms. The molecule has 1 heterocycles. The Morgan fingerprint density at radius 1 is 0.926 bits per heavy atom. The van der Waals surface area contributed by atoms with Crippen molar-refractivity contribution in [3.8, 4) is 0 Å². The zero-order chi connectivity index (χ0) is 19.6. The molecule has 2 aromatic carbocycles. The quantitative estimate of drug-likeness (QED) is 0.717. The number of amides is 1. The lowest BCUT2D eigenvalue weighted by molar-refractivity contribution is 0.0599. The molecule has 0 saturated carbocycles. The minimum atomic E-state index is -0.624. The number of aryl methyl sites for hydroxylation is 1. The van der Waals surface area contributed by atoms with E-state index in [4.69, 9.17) is 9.47 Å². The summed E-state index contributed by atoms with van der Waals surface area (Å²) in [7, 11) is 4.33. The highest BCUT2D eigenvalue weighted by molar-refractivity contribution is 6.13. The third-order valence-corrected chi connectivity index (χ3v) is 4.17. The lowest BCUT2D eigenvalue weighted by atomic mass is 10.1. The zero-order valence-electron chi connectivity index (χ0n) is 15.1. The van der Waals surface area contributed by atoms with Gasteiger partial charge in [-0.25, -0.2) is 9.59 Å². The summed E-state index contributed by atoms with van der Waals surface area (Å²) in [6.45, 7) is 0. The van der Waals surface area contributed by atoms with E-state index in [0.29, 0.717) is 5.56 Å². The number of fused-ring (bicyclic) bond motifs is 1. The van der Waals surface area contributed by atoms with Crippen LogP contribution in [0.1, 0.15) is 31.1 Å². The summed E-state index contributed by atoms with van der Waals surface area (Å²) < 4.78 is 11.3. The van der Waals surface area contributed by atoms with E-state index in [1.165, 1.54) is 32.4 Å². The van der Waals surface area contributed by atoms with Crippen LogP contribution in [0.25, 0.3) is 10.9 Å². The molecule has 0 unspecified atom stereocenters. The minimum absolute atomic E-state index is 0.133. The molecule has 0 aliphatic heterocycles. The predicted molar refractivity (Wildman–Crippen MR) is 100.0 cm³/mol. The summed E-state index contributed by atoms with van der Waals surface area (Å²) in [5, 5.41) is 3.54. The van der Waals surface area contributed by atoms with Gasteiger partial charge in [0.25, 0.3) is 5.91 Å². The third-order valence-electron chi connectivity index (χ3n) is 4.17. The van der Waals surface area contributed by atoms with Gasteiger partial charge in [-0.15, -0.1) is 0 Å². The van der Waals surface area contributed by atoms with Crippen LogP contribution in [0.5, 0.6) is 0 Å². The van der Waals surface area contributed by atoms with Crippen molar-refractivity contribution in [1.82, 2.24) is 4.57 Å². The van der Waals surface area contributed by atoms with Crippen LogP contribution in [0, 0.1) is 0 Å². The van der Waals surface area contributed by atoms with Gasteiger partial charge < -0.3 is 19.4 Å². The highest BCUT2D eigenvalue weighted by Crippen LogP contribution is 2.23. The molecule has 0 saturated heterocycles.